The first-order valence-electron chi connectivity index (χ1n) is 6.76. The van der Waals surface area contributed by atoms with Crippen molar-refractivity contribution < 1.29 is 9.53 Å². The number of ether oxygens (including phenoxy) is 1. The van der Waals surface area contributed by atoms with E-state index in [0.29, 0.717) is 24.1 Å². The van der Waals surface area contributed by atoms with Crippen LogP contribution in [0.15, 0.2) is 36.5 Å². The maximum Gasteiger partial charge on any atom is 0.315 e. The number of fused-ring (bicyclic) bond motifs is 1. The molecule has 4 heteroatoms. The highest BCUT2D eigenvalue weighted by Crippen LogP contribution is 2.39. The van der Waals surface area contributed by atoms with Crippen LogP contribution in [0, 0.1) is 0 Å². The average molecular weight is 266 g/mol. The molecule has 2 N–H and O–H groups in total. The summed E-state index contributed by atoms with van der Waals surface area (Å²) in [6, 6.07) is 10.2. The van der Waals surface area contributed by atoms with E-state index in [4.69, 9.17) is 10.5 Å². The number of pyridine rings is 1. The molecule has 0 saturated heterocycles. The van der Waals surface area contributed by atoms with Gasteiger partial charge in [-0.05, 0) is 24.1 Å². The average Bonchev–Trinajstić information content (AvgIpc) is 3.06. The Hall–Kier alpha value is -2.20. The summed E-state index contributed by atoms with van der Waals surface area (Å²) in [4.78, 5) is 15.7. The number of carbonyl (C=O) groups excluding carboxylic acids is 1. The van der Waals surface area contributed by atoms with Crippen molar-refractivity contribution in [2.75, 3.05) is 0 Å². The van der Waals surface area contributed by atoms with Gasteiger partial charge in [0.1, 0.15) is 5.75 Å². The Morgan fingerprint density at radius 1 is 1.25 bits per heavy atom. The number of benzene rings is 1. The number of aromatic nitrogens is 1. The number of carbonyl (C=O) groups is 1. The van der Waals surface area contributed by atoms with Crippen molar-refractivity contribution in [2.24, 2.45) is 5.73 Å². The lowest BCUT2D eigenvalue weighted by atomic mass is 10.1. The standard InChI is InChI=1S/C16H14N2O2/c17-13-7-12(13)11-3-4-14(18-8-11)9-1-2-10-6-16(19)20-15(10)5-9/h1-5,8,12-13H,6-7,17H2/t12-,13+/m0/s1. The minimum absolute atomic E-state index is 0.192. The number of hydrogen-bond acceptors (Lipinski definition) is 4. The van der Waals surface area contributed by atoms with Crippen molar-refractivity contribution in [1.29, 1.82) is 0 Å². The zero-order chi connectivity index (χ0) is 13.7. The SMILES string of the molecule is N[C@@H]1C[C@H]1c1ccc(-c2ccc3c(c2)OC(=O)C3)nc1. The van der Waals surface area contributed by atoms with Crippen LogP contribution in [-0.4, -0.2) is 17.0 Å². The van der Waals surface area contributed by atoms with E-state index in [1.54, 1.807) is 0 Å². The Labute approximate surface area is 116 Å². The summed E-state index contributed by atoms with van der Waals surface area (Å²) in [5, 5.41) is 0. The van der Waals surface area contributed by atoms with Gasteiger partial charge in [-0.2, -0.15) is 0 Å². The molecule has 2 heterocycles. The normalized spacial score (nSPS) is 23.4. The van der Waals surface area contributed by atoms with E-state index in [2.05, 4.69) is 11.1 Å². The predicted molar refractivity (Wildman–Crippen MR) is 74.3 cm³/mol. The van der Waals surface area contributed by atoms with E-state index < -0.39 is 0 Å². The molecule has 20 heavy (non-hydrogen) atoms. The Balaban J connectivity index is 1.64. The topological polar surface area (TPSA) is 65.2 Å². The van der Waals surface area contributed by atoms with Crippen molar-refractivity contribution in [3.05, 3.63) is 47.7 Å². The second kappa shape index (κ2) is 4.15. The predicted octanol–water partition coefficient (Wildman–Crippen LogP) is 2.02. The number of nitrogens with two attached hydrogens (primary N) is 1. The van der Waals surface area contributed by atoms with Crippen molar-refractivity contribution in [1.82, 2.24) is 4.98 Å². The Bertz CT molecular complexity index is 694. The smallest absolute Gasteiger partial charge is 0.315 e. The first kappa shape index (κ1) is 11.6. The highest BCUT2D eigenvalue weighted by molar-refractivity contribution is 5.82. The molecule has 0 unspecified atom stereocenters. The molecule has 2 aromatic rings. The fourth-order valence-electron chi connectivity index (χ4n) is 2.66. The lowest BCUT2D eigenvalue weighted by Gasteiger charge is -2.05. The van der Waals surface area contributed by atoms with Crippen molar-refractivity contribution in [3.8, 4) is 17.0 Å². The van der Waals surface area contributed by atoms with Gasteiger partial charge in [0.15, 0.2) is 0 Å². The van der Waals surface area contributed by atoms with Crippen molar-refractivity contribution >= 4 is 5.97 Å². The van der Waals surface area contributed by atoms with E-state index in [-0.39, 0.29) is 5.97 Å². The van der Waals surface area contributed by atoms with Crippen molar-refractivity contribution in [2.45, 2.75) is 24.8 Å². The number of hydrogen-bond donors (Lipinski definition) is 1. The van der Waals surface area contributed by atoms with Gasteiger partial charge >= 0.3 is 5.97 Å². The molecule has 0 amide bonds. The minimum Gasteiger partial charge on any atom is -0.426 e. The molecule has 0 radical (unpaired) electrons. The van der Waals surface area contributed by atoms with Gasteiger partial charge in [0.05, 0.1) is 12.1 Å². The van der Waals surface area contributed by atoms with Crippen LogP contribution < -0.4 is 10.5 Å². The summed E-state index contributed by atoms with van der Waals surface area (Å²) < 4.78 is 5.17. The van der Waals surface area contributed by atoms with Gasteiger partial charge < -0.3 is 10.5 Å². The molecule has 0 bridgehead atoms. The van der Waals surface area contributed by atoms with Gasteiger partial charge in [-0.1, -0.05) is 18.2 Å². The van der Waals surface area contributed by atoms with Gasteiger partial charge in [0, 0.05) is 29.3 Å². The van der Waals surface area contributed by atoms with Crippen LogP contribution in [-0.2, 0) is 11.2 Å². The summed E-state index contributed by atoms with van der Waals surface area (Å²) in [6.45, 7) is 0. The molecule has 1 aromatic heterocycles. The van der Waals surface area contributed by atoms with Crippen LogP contribution in [0.2, 0.25) is 0 Å². The summed E-state index contributed by atoms with van der Waals surface area (Å²) in [6.07, 6.45) is 3.31. The molecule has 1 saturated carbocycles. The zero-order valence-corrected chi connectivity index (χ0v) is 10.9. The first-order chi connectivity index (χ1) is 9.70. The van der Waals surface area contributed by atoms with Crippen LogP contribution in [0.3, 0.4) is 0 Å². The molecule has 1 aliphatic heterocycles. The van der Waals surface area contributed by atoms with E-state index >= 15 is 0 Å². The third-order valence-corrected chi connectivity index (χ3v) is 3.98. The fourth-order valence-corrected chi connectivity index (χ4v) is 2.66. The van der Waals surface area contributed by atoms with E-state index in [1.165, 1.54) is 5.56 Å². The summed E-state index contributed by atoms with van der Waals surface area (Å²) >= 11 is 0. The number of esters is 1. The minimum atomic E-state index is -0.192. The molecule has 4 nitrogen and oxygen atoms in total. The molecular formula is C16H14N2O2. The lowest BCUT2D eigenvalue weighted by Crippen LogP contribution is -2.01. The largest absolute Gasteiger partial charge is 0.426 e. The second-order valence-electron chi connectivity index (χ2n) is 5.46. The van der Waals surface area contributed by atoms with Crippen LogP contribution in [0.25, 0.3) is 11.3 Å². The third-order valence-electron chi connectivity index (χ3n) is 3.98. The van der Waals surface area contributed by atoms with Gasteiger partial charge in [-0.3, -0.25) is 9.78 Å². The van der Waals surface area contributed by atoms with Crippen LogP contribution in [0.1, 0.15) is 23.5 Å². The first-order valence-corrected chi connectivity index (χ1v) is 6.76. The summed E-state index contributed by atoms with van der Waals surface area (Å²) in [5.41, 5.74) is 9.84. The molecule has 4 rings (SSSR count). The van der Waals surface area contributed by atoms with Crippen LogP contribution in [0.5, 0.6) is 5.75 Å². The number of nitrogens with zero attached hydrogens (tertiary/aromatic N) is 1. The fraction of sp³-hybridized carbons (Fsp3) is 0.250. The van der Waals surface area contributed by atoms with E-state index in [9.17, 15) is 4.79 Å². The van der Waals surface area contributed by atoms with Crippen LogP contribution >= 0.6 is 0 Å². The van der Waals surface area contributed by atoms with Gasteiger partial charge in [0.2, 0.25) is 0 Å². The molecule has 100 valence electrons. The molecular weight excluding hydrogens is 252 g/mol. The van der Waals surface area contributed by atoms with Gasteiger partial charge in [0.25, 0.3) is 0 Å². The Morgan fingerprint density at radius 2 is 2.10 bits per heavy atom. The summed E-state index contributed by atoms with van der Waals surface area (Å²) in [5.74, 6) is 0.934. The monoisotopic (exact) mass is 266 g/mol. The van der Waals surface area contributed by atoms with E-state index in [0.717, 1.165) is 23.2 Å². The molecule has 2 atom stereocenters. The Kier molecular flexibility index (Phi) is 2.41. The third kappa shape index (κ3) is 1.89. The summed E-state index contributed by atoms with van der Waals surface area (Å²) in [7, 11) is 0. The quantitative estimate of drug-likeness (QED) is 0.667. The maximum atomic E-state index is 11.3. The highest BCUT2D eigenvalue weighted by atomic mass is 16.5. The second-order valence-corrected chi connectivity index (χ2v) is 5.46. The van der Waals surface area contributed by atoms with Crippen LogP contribution in [0.4, 0.5) is 0 Å². The van der Waals surface area contributed by atoms with E-state index in [1.807, 2.05) is 30.5 Å². The van der Waals surface area contributed by atoms with Crippen molar-refractivity contribution in [3.63, 3.8) is 0 Å². The number of rotatable bonds is 2. The molecule has 1 aliphatic carbocycles. The molecule has 0 spiro atoms. The molecule has 2 aliphatic rings. The lowest BCUT2D eigenvalue weighted by molar-refractivity contribution is -0.131. The molecule has 1 aromatic carbocycles. The maximum absolute atomic E-state index is 11.3. The van der Waals surface area contributed by atoms with Gasteiger partial charge in [-0.15, -0.1) is 0 Å². The Morgan fingerprint density at radius 3 is 2.80 bits per heavy atom. The zero-order valence-electron chi connectivity index (χ0n) is 10.9. The van der Waals surface area contributed by atoms with Gasteiger partial charge in [-0.25, -0.2) is 0 Å². The highest BCUT2D eigenvalue weighted by Gasteiger charge is 2.34. The molecule has 1 fully saturated rings.